The molecule has 0 aromatic heterocycles. The molecule has 0 aliphatic carbocycles. The summed E-state index contributed by atoms with van der Waals surface area (Å²) in [5.41, 5.74) is 2.38. The van der Waals surface area contributed by atoms with Crippen molar-refractivity contribution in [3.63, 3.8) is 0 Å². The zero-order chi connectivity index (χ0) is 27.6. The van der Waals surface area contributed by atoms with Crippen LogP contribution < -0.4 is 19.1 Å². The summed E-state index contributed by atoms with van der Waals surface area (Å²) in [5.74, 6) is -0.639. The number of benzene rings is 3. The lowest BCUT2D eigenvalue weighted by Crippen LogP contribution is -2.45. The van der Waals surface area contributed by atoms with Gasteiger partial charge in [0.25, 0.3) is 0 Å². The lowest BCUT2D eigenvalue weighted by atomic mass is 10.1. The third kappa shape index (κ3) is 7.98. The van der Waals surface area contributed by atoms with Gasteiger partial charge in [0, 0.05) is 31.0 Å². The molecule has 9 heteroatoms. The molecule has 0 fully saturated rings. The summed E-state index contributed by atoms with van der Waals surface area (Å²) in [6.07, 6.45) is 3.75. The number of carboxylic acid groups (broad SMARTS) is 2. The van der Waals surface area contributed by atoms with Crippen molar-refractivity contribution in [2.75, 3.05) is 31.2 Å². The molecule has 1 aliphatic heterocycles. The Morgan fingerprint density at radius 1 is 0.949 bits per heavy atom. The van der Waals surface area contributed by atoms with Crippen LogP contribution >= 0.6 is 0 Å². The molecule has 204 valence electrons. The van der Waals surface area contributed by atoms with Crippen LogP contribution in [-0.2, 0) is 9.59 Å². The van der Waals surface area contributed by atoms with Crippen molar-refractivity contribution in [2.24, 2.45) is 0 Å². The number of nitrogens with zero attached hydrogens (tertiary/aromatic N) is 1. The monoisotopic (exact) mass is 535 g/mol. The highest BCUT2D eigenvalue weighted by molar-refractivity contribution is 5.81. The maximum absolute atomic E-state index is 13.2. The largest absolute Gasteiger partial charge is 0.493 e. The van der Waals surface area contributed by atoms with Crippen molar-refractivity contribution >= 4 is 29.8 Å². The van der Waals surface area contributed by atoms with E-state index in [1.807, 2.05) is 59.5 Å². The SMILES string of the molecule is O=C(O)CCCN1CC(C(=O)O)Oc2c(C=Cc3ccc(OCCCOc4cccc(F)c4)cc3)cccc21. The Balaban J connectivity index is 1.34. The van der Waals surface area contributed by atoms with Gasteiger partial charge in [-0.25, -0.2) is 9.18 Å². The number of halogens is 1. The molecule has 1 unspecified atom stereocenters. The fraction of sp³-hybridized carbons (Fsp3) is 0.267. The topological polar surface area (TPSA) is 106 Å². The molecule has 1 aliphatic rings. The fourth-order valence-electron chi connectivity index (χ4n) is 4.15. The molecule has 8 nitrogen and oxygen atoms in total. The number of carbonyl (C=O) groups is 2. The second-order valence-corrected chi connectivity index (χ2v) is 8.99. The van der Waals surface area contributed by atoms with E-state index in [0.29, 0.717) is 49.8 Å². The van der Waals surface area contributed by atoms with E-state index in [4.69, 9.17) is 19.3 Å². The average Bonchev–Trinajstić information content (AvgIpc) is 2.92. The normalized spacial score (nSPS) is 14.5. The molecular weight excluding hydrogens is 505 g/mol. The summed E-state index contributed by atoms with van der Waals surface area (Å²) in [6, 6.07) is 19.1. The van der Waals surface area contributed by atoms with Crippen LogP contribution in [0.25, 0.3) is 12.2 Å². The number of hydrogen-bond donors (Lipinski definition) is 2. The van der Waals surface area contributed by atoms with E-state index in [-0.39, 0.29) is 18.8 Å². The van der Waals surface area contributed by atoms with Gasteiger partial charge in [0.05, 0.1) is 25.4 Å². The van der Waals surface area contributed by atoms with Gasteiger partial charge in [-0.1, -0.05) is 42.5 Å². The minimum atomic E-state index is -1.07. The van der Waals surface area contributed by atoms with Crippen molar-refractivity contribution in [3.05, 3.63) is 83.7 Å². The van der Waals surface area contributed by atoms with E-state index in [1.165, 1.54) is 12.1 Å². The molecular formula is C30H30FNO7. The van der Waals surface area contributed by atoms with Gasteiger partial charge in [-0.15, -0.1) is 0 Å². The summed E-state index contributed by atoms with van der Waals surface area (Å²) >= 11 is 0. The molecule has 0 amide bonds. The third-order valence-electron chi connectivity index (χ3n) is 6.06. The molecule has 3 aromatic rings. The Bertz CT molecular complexity index is 1310. The summed E-state index contributed by atoms with van der Waals surface area (Å²) in [4.78, 5) is 24.5. The van der Waals surface area contributed by atoms with Gasteiger partial charge in [-0.05, 0) is 42.3 Å². The first kappa shape index (κ1) is 27.5. The van der Waals surface area contributed by atoms with E-state index >= 15 is 0 Å². The molecule has 4 rings (SSSR count). The predicted octanol–water partition coefficient (Wildman–Crippen LogP) is 5.36. The second kappa shape index (κ2) is 13.3. The number of fused-ring (bicyclic) bond motifs is 1. The first-order valence-corrected chi connectivity index (χ1v) is 12.7. The Kier molecular flexibility index (Phi) is 9.39. The molecule has 3 aromatic carbocycles. The van der Waals surface area contributed by atoms with Crippen LogP contribution in [0.1, 0.15) is 30.4 Å². The number of ether oxygens (including phenoxy) is 3. The van der Waals surface area contributed by atoms with Gasteiger partial charge in [0.15, 0.2) is 5.75 Å². The minimum Gasteiger partial charge on any atom is -0.493 e. The number of hydrogen-bond acceptors (Lipinski definition) is 6. The van der Waals surface area contributed by atoms with E-state index in [1.54, 1.807) is 12.1 Å². The van der Waals surface area contributed by atoms with Crippen molar-refractivity contribution in [2.45, 2.75) is 25.4 Å². The number of para-hydroxylation sites is 1. The number of carboxylic acids is 2. The first-order chi connectivity index (χ1) is 18.9. The molecule has 0 radical (unpaired) electrons. The molecule has 1 heterocycles. The maximum Gasteiger partial charge on any atom is 0.346 e. The highest BCUT2D eigenvalue weighted by Gasteiger charge is 2.31. The molecule has 2 N–H and O–H groups in total. The van der Waals surface area contributed by atoms with Gasteiger partial charge >= 0.3 is 11.9 Å². The van der Waals surface area contributed by atoms with Gasteiger partial charge < -0.3 is 29.3 Å². The lowest BCUT2D eigenvalue weighted by molar-refractivity contribution is -0.145. The van der Waals surface area contributed by atoms with Crippen LogP contribution in [0.4, 0.5) is 10.1 Å². The van der Waals surface area contributed by atoms with Crippen molar-refractivity contribution < 1.29 is 38.4 Å². The van der Waals surface area contributed by atoms with Gasteiger partial charge in [-0.3, -0.25) is 4.79 Å². The Morgan fingerprint density at radius 3 is 2.41 bits per heavy atom. The fourth-order valence-corrected chi connectivity index (χ4v) is 4.15. The average molecular weight is 536 g/mol. The van der Waals surface area contributed by atoms with Gasteiger partial charge in [0.1, 0.15) is 17.3 Å². The van der Waals surface area contributed by atoms with Crippen molar-refractivity contribution in [1.29, 1.82) is 0 Å². The zero-order valence-electron chi connectivity index (χ0n) is 21.3. The second-order valence-electron chi connectivity index (χ2n) is 8.99. The molecule has 39 heavy (non-hydrogen) atoms. The van der Waals surface area contributed by atoms with Crippen LogP contribution in [-0.4, -0.2) is 54.6 Å². The van der Waals surface area contributed by atoms with E-state index in [9.17, 15) is 19.1 Å². The lowest BCUT2D eigenvalue weighted by Gasteiger charge is -2.35. The summed E-state index contributed by atoms with van der Waals surface area (Å²) in [6.45, 7) is 1.42. The quantitative estimate of drug-likeness (QED) is 0.223. The van der Waals surface area contributed by atoms with Crippen molar-refractivity contribution in [3.8, 4) is 17.2 Å². The van der Waals surface area contributed by atoms with Crippen molar-refractivity contribution in [1.82, 2.24) is 0 Å². The molecule has 1 atom stereocenters. The van der Waals surface area contributed by atoms with Gasteiger partial charge in [0.2, 0.25) is 6.10 Å². The van der Waals surface area contributed by atoms with Gasteiger partial charge in [-0.2, -0.15) is 0 Å². The Labute approximate surface area is 225 Å². The number of rotatable bonds is 13. The third-order valence-corrected chi connectivity index (χ3v) is 6.06. The molecule has 0 saturated carbocycles. The summed E-state index contributed by atoms with van der Waals surface area (Å²) in [7, 11) is 0. The predicted molar refractivity (Wildman–Crippen MR) is 145 cm³/mol. The Hall–Kier alpha value is -4.53. The standard InChI is InChI=1S/C30H30FNO7/c31-23-6-2-7-25(19-23)38-18-4-17-37-24-14-11-21(12-15-24)10-13-22-5-1-8-26-29(22)39-27(30(35)36)20-32(26)16-3-9-28(33)34/h1-2,5-8,10-15,19,27H,3-4,9,16-18,20H2,(H,33,34)(H,35,36). The van der Waals surface area contributed by atoms with E-state index in [2.05, 4.69) is 0 Å². The molecule has 0 bridgehead atoms. The number of anilines is 1. The van der Waals surface area contributed by atoms with E-state index < -0.39 is 18.0 Å². The van der Waals surface area contributed by atoms with Crippen LogP contribution in [0.5, 0.6) is 17.2 Å². The van der Waals surface area contributed by atoms with Crippen LogP contribution in [0.3, 0.4) is 0 Å². The van der Waals surface area contributed by atoms with E-state index in [0.717, 1.165) is 16.8 Å². The number of aliphatic carboxylic acids is 2. The smallest absolute Gasteiger partial charge is 0.346 e. The highest BCUT2D eigenvalue weighted by Crippen LogP contribution is 2.38. The minimum absolute atomic E-state index is 0.00637. The van der Waals surface area contributed by atoms with Crippen LogP contribution in [0.2, 0.25) is 0 Å². The first-order valence-electron chi connectivity index (χ1n) is 12.7. The zero-order valence-corrected chi connectivity index (χ0v) is 21.3. The summed E-state index contributed by atoms with van der Waals surface area (Å²) in [5, 5.41) is 18.5. The van der Waals surface area contributed by atoms with Crippen LogP contribution in [0, 0.1) is 5.82 Å². The van der Waals surface area contributed by atoms with Crippen LogP contribution in [0.15, 0.2) is 66.7 Å². The molecule has 0 spiro atoms. The maximum atomic E-state index is 13.2. The summed E-state index contributed by atoms with van der Waals surface area (Å²) < 4.78 is 30.3. The molecule has 0 saturated heterocycles. The highest BCUT2D eigenvalue weighted by atomic mass is 19.1. The Morgan fingerprint density at radius 2 is 1.69 bits per heavy atom.